The van der Waals surface area contributed by atoms with E-state index in [1.165, 1.54) is 0 Å². The van der Waals surface area contributed by atoms with Gasteiger partial charge in [-0.3, -0.25) is 14.5 Å². The number of amides is 1. The standard InChI is InChI=1S/C16H19ClN2O5S/c17-12-3-1-11(2-4-12)16(22)19-8-7-18(6-5-15(20)21)13-9-25(23,24)10-14(13)19/h1-4,13-14H,5-10H2,(H,20,21)/t13-,14+/m1/s1. The molecule has 2 saturated heterocycles. The van der Waals surface area contributed by atoms with E-state index >= 15 is 0 Å². The number of hydrogen-bond acceptors (Lipinski definition) is 5. The Morgan fingerprint density at radius 1 is 1.12 bits per heavy atom. The van der Waals surface area contributed by atoms with Crippen LogP contribution in [0.15, 0.2) is 24.3 Å². The van der Waals surface area contributed by atoms with Gasteiger partial charge in [0.25, 0.3) is 5.91 Å². The Kier molecular flexibility index (Phi) is 5.04. The maximum atomic E-state index is 12.8. The highest BCUT2D eigenvalue weighted by Crippen LogP contribution is 2.28. The zero-order chi connectivity index (χ0) is 18.2. The molecule has 1 aromatic carbocycles. The van der Waals surface area contributed by atoms with Crippen LogP contribution in [-0.2, 0) is 14.6 Å². The van der Waals surface area contributed by atoms with Crippen molar-refractivity contribution in [2.24, 2.45) is 0 Å². The van der Waals surface area contributed by atoms with Crippen molar-refractivity contribution in [3.05, 3.63) is 34.9 Å². The first kappa shape index (κ1) is 18.2. The Morgan fingerprint density at radius 2 is 1.76 bits per heavy atom. The molecule has 0 saturated carbocycles. The lowest BCUT2D eigenvalue weighted by Crippen LogP contribution is -2.60. The fourth-order valence-corrected chi connectivity index (χ4v) is 5.69. The van der Waals surface area contributed by atoms with E-state index < -0.39 is 21.8 Å². The van der Waals surface area contributed by atoms with Crippen LogP contribution in [0.2, 0.25) is 5.02 Å². The number of halogens is 1. The van der Waals surface area contributed by atoms with E-state index in [-0.39, 0.29) is 36.4 Å². The van der Waals surface area contributed by atoms with Gasteiger partial charge >= 0.3 is 5.97 Å². The lowest BCUT2D eigenvalue weighted by molar-refractivity contribution is -0.137. The fourth-order valence-electron chi connectivity index (χ4n) is 3.55. The van der Waals surface area contributed by atoms with Crippen molar-refractivity contribution >= 4 is 33.3 Å². The highest BCUT2D eigenvalue weighted by molar-refractivity contribution is 7.91. The molecule has 2 aliphatic heterocycles. The van der Waals surface area contributed by atoms with Crippen LogP contribution in [0.4, 0.5) is 0 Å². The van der Waals surface area contributed by atoms with Gasteiger partial charge < -0.3 is 10.0 Å². The monoisotopic (exact) mass is 386 g/mol. The second-order valence-corrected chi connectivity index (χ2v) is 8.99. The molecule has 9 heteroatoms. The predicted molar refractivity (Wildman–Crippen MR) is 92.5 cm³/mol. The number of carboxylic acids is 1. The molecule has 2 fully saturated rings. The number of carbonyl (C=O) groups is 2. The second-order valence-electron chi connectivity index (χ2n) is 6.40. The fraction of sp³-hybridized carbons (Fsp3) is 0.500. The first-order valence-electron chi connectivity index (χ1n) is 7.99. The molecule has 136 valence electrons. The van der Waals surface area contributed by atoms with Gasteiger partial charge in [-0.05, 0) is 24.3 Å². The molecule has 7 nitrogen and oxygen atoms in total. The largest absolute Gasteiger partial charge is 0.481 e. The molecular formula is C16H19ClN2O5S. The molecule has 0 spiro atoms. The highest BCUT2D eigenvalue weighted by atomic mass is 35.5. The van der Waals surface area contributed by atoms with Crippen LogP contribution in [-0.4, -0.2) is 78.4 Å². The maximum Gasteiger partial charge on any atom is 0.304 e. The molecular weight excluding hydrogens is 368 g/mol. The number of aliphatic carboxylic acids is 1. The molecule has 2 heterocycles. The topological polar surface area (TPSA) is 95.0 Å². The van der Waals surface area contributed by atoms with Gasteiger partial charge in [0.05, 0.1) is 24.0 Å². The van der Waals surface area contributed by atoms with Crippen LogP contribution in [0, 0.1) is 0 Å². The first-order valence-corrected chi connectivity index (χ1v) is 10.2. The molecule has 2 atom stereocenters. The summed E-state index contributed by atoms with van der Waals surface area (Å²) in [5.74, 6) is -1.26. The lowest BCUT2D eigenvalue weighted by Gasteiger charge is -2.43. The minimum absolute atomic E-state index is 0.0400. The summed E-state index contributed by atoms with van der Waals surface area (Å²) in [5.41, 5.74) is 0.464. The Morgan fingerprint density at radius 3 is 2.40 bits per heavy atom. The van der Waals surface area contributed by atoms with Gasteiger partial charge in [0, 0.05) is 36.3 Å². The first-order chi connectivity index (χ1) is 11.8. The Balaban J connectivity index is 1.81. The predicted octanol–water partition coefficient (Wildman–Crippen LogP) is 0.738. The number of carboxylic acid groups (broad SMARTS) is 1. The molecule has 3 rings (SSSR count). The normalized spacial score (nSPS) is 25.6. The summed E-state index contributed by atoms with van der Waals surface area (Å²) in [5, 5.41) is 9.40. The van der Waals surface area contributed by atoms with Gasteiger partial charge in [-0.25, -0.2) is 8.42 Å². The third-order valence-electron chi connectivity index (χ3n) is 4.76. The van der Waals surface area contributed by atoms with Crippen LogP contribution in [0.1, 0.15) is 16.8 Å². The van der Waals surface area contributed by atoms with Crippen LogP contribution in [0.3, 0.4) is 0 Å². The van der Waals surface area contributed by atoms with E-state index in [1.807, 2.05) is 4.90 Å². The van der Waals surface area contributed by atoms with Crippen molar-refractivity contribution in [3.8, 4) is 0 Å². The number of benzene rings is 1. The highest BCUT2D eigenvalue weighted by Gasteiger charge is 2.47. The summed E-state index contributed by atoms with van der Waals surface area (Å²) in [6, 6.07) is 5.70. The average molecular weight is 387 g/mol. The third-order valence-corrected chi connectivity index (χ3v) is 6.71. The molecule has 0 bridgehead atoms. The van der Waals surface area contributed by atoms with E-state index in [9.17, 15) is 18.0 Å². The van der Waals surface area contributed by atoms with Crippen LogP contribution >= 0.6 is 11.6 Å². The zero-order valence-corrected chi connectivity index (χ0v) is 15.0. The molecule has 0 unspecified atom stereocenters. The molecule has 0 aromatic heterocycles. The molecule has 0 aliphatic carbocycles. The second kappa shape index (κ2) is 6.93. The van der Waals surface area contributed by atoms with Crippen molar-refractivity contribution in [1.82, 2.24) is 9.80 Å². The summed E-state index contributed by atoms with van der Waals surface area (Å²) in [6.45, 7) is 1.12. The minimum atomic E-state index is -3.26. The average Bonchev–Trinajstić information content (AvgIpc) is 2.87. The van der Waals surface area contributed by atoms with Gasteiger partial charge in [-0.1, -0.05) is 11.6 Å². The smallest absolute Gasteiger partial charge is 0.304 e. The van der Waals surface area contributed by atoms with E-state index in [2.05, 4.69) is 0 Å². The molecule has 0 radical (unpaired) electrons. The number of piperazine rings is 1. The van der Waals surface area contributed by atoms with Crippen molar-refractivity contribution in [3.63, 3.8) is 0 Å². The Hall–Kier alpha value is -1.64. The van der Waals surface area contributed by atoms with Crippen LogP contribution < -0.4 is 0 Å². The van der Waals surface area contributed by atoms with Gasteiger partial charge in [-0.2, -0.15) is 0 Å². The lowest BCUT2D eigenvalue weighted by atomic mass is 10.0. The third kappa shape index (κ3) is 3.96. The molecule has 2 aliphatic rings. The van der Waals surface area contributed by atoms with Crippen LogP contribution in [0.5, 0.6) is 0 Å². The van der Waals surface area contributed by atoms with E-state index in [1.54, 1.807) is 29.2 Å². The van der Waals surface area contributed by atoms with Gasteiger partial charge in [0.15, 0.2) is 9.84 Å². The molecule has 25 heavy (non-hydrogen) atoms. The van der Waals surface area contributed by atoms with Gasteiger partial charge in [0.2, 0.25) is 0 Å². The number of hydrogen-bond donors (Lipinski definition) is 1. The zero-order valence-electron chi connectivity index (χ0n) is 13.5. The van der Waals surface area contributed by atoms with Crippen molar-refractivity contribution < 1.29 is 23.1 Å². The number of sulfone groups is 1. The van der Waals surface area contributed by atoms with Crippen LogP contribution in [0.25, 0.3) is 0 Å². The van der Waals surface area contributed by atoms with Gasteiger partial charge in [0.1, 0.15) is 0 Å². The maximum absolute atomic E-state index is 12.8. The van der Waals surface area contributed by atoms with Crippen molar-refractivity contribution in [2.45, 2.75) is 18.5 Å². The molecule has 1 N–H and O–H groups in total. The van der Waals surface area contributed by atoms with Gasteiger partial charge in [-0.15, -0.1) is 0 Å². The Bertz CT molecular complexity index is 780. The number of nitrogens with zero attached hydrogens (tertiary/aromatic N) is 2. The van der Waals surface area contributed by atoms with E-state index in [0.717, 1.165) is 0 Å². The summed E-state index contributed by atoms with van der Waals surface area (Å²) >= 11 is 5.85. The Labute approximate surface area is 151 Å². The SMILES string of the molecule is O=C(O)CCN1CCN(C(=O)c2ccc(Cl)cc2)[C@H]2CS(=O)(=O)C[C@H]21. The number of rotatable bonds is 4. The van der Waals surface area contributed by atoms with Crippen molar-refractivity contribution in [2.75, 3.05) is 31.1 Å². The molecule has 1 amide bonds. The number of carbonyl (C=O) groups excluding carboxylic acids is 1. The van der Waals surface area contributed by atoms with E-state index in [4.69, 9.17) is 16.7 Å². The summed E-state index contributed by atoms with van der Waals surface area (Å²) in [4.78, 5) is 27.1. The summed E-state index contributed by atoms with van der Waals surface area (Å²) in [7, 11) is -3.26. The van der Waals surface area contributed by atoms with Crippen molar-refractivity contribution in [1.29, 1.82) is 0 Å². The minimum Gasteiger partial charge on any atom is -0.481 e. The quantitative estimate of drug-likeness (QED) is 0.820. The number of fused-ring (bicyclic) bond motifs is 1. The molecule has 1 aromatic rings. The van der Waals surface area contributed by atoms with E-state index in [0.29, 0.717) is 23.7 Å². The summed E-state index contributed by atoms with van der Waals surface area (Å²) in [6.07, 6.45) is -0.0472. The summed E-state index contributed by atoms with van der Waals surface area (Å²) < 4.78 is 24.3.